The molecule has 2 amide bonds. The lowest BCUT2D eigenvalue weighted by Gasteiger charge is -2.26. The van der Waals surface area contributed by atoms with E-state index in [2.05, 4.69) is 26.2 Å². The Morgan fingerprint density at radius 2 is 2.08 bits per heavy atom. The number of nitrogens with zero attached hydrogens (tertiary/aromatic N) is 2. The van der Waals surface area contributed by atoms with Gasteiger partial charge in [-0.25, -0.2) is 4.98 Å². The molecule has 1 fully saturated rings. The molecule has 1 N–H and O–H groups in total. The number of carbonyl (C=O) groups excluding carboxylic acids is 2. The summed E-state index contributed by atoms with van der Waals surface area (Å²) in [5, 5.41) is 5.21. The Morgan fingerprint density at radius 1 is 1.28 bits per heavy atom. The molecule has 0 aliphatic carbocycles. The Hall–Kier alpha value is -1.77. The molecule has 6 nitrogen and oxygen atoms in total. The number of anilines is 1. The first-order valence-corrected chi connectivity index (χ1v) is 9.66. The largest absolute Gasteiger partial charge is 0.378 e. The van der Waals surface area contributed by atoms with Crippen molar-refractivity contribution in [1.82, 2.24) is 9.88 Å². The van der Waals surface area contributed by atoms with Gasteiger partial charge >= 0.3 is 0 Å². The maximum atomic E-state index is 12.1. The highest BCUT2D eigenvalue weighted by Crippen LogP contribution is 2.26. The average Bonchev–Trinajstić information content (AvgIpc) is 3.09. The Morgan fingerprint density at radius 3 is 2.84 bits per heavy atom. The molecule has 0 radical (unpaired) electrons. The summed E-state index contributed by atoms with van der Waals surface area (Å²) in [6.07, 6.45) is 0.359. The van der Waals surface area contributed by atoms with E-state index in [0.717, 1.165) is 15.7 Å². The fourth-order valence-corrected chi connectivity index (χ4v) is 3.62. The normalized spacial score (nSPS) is 14.4. The summed E-state index contributed by atoms with van der Waals surface area (Å²) in [4.78, 5) is 30.3. The molecule has 1 aliphatic heterocycles. The highest BCUT2D eigenvalue weighted by molar-refractivity contribution is 9.10. The summed E-state index contributed by atoms with van der Waals surface area (Å²) in [6.45, 7) is 2.33. The van der Waals surface area contributed by atoms with Gasteiger partial charge in [-0.3, -0.25) is 9.59 Å². The van der Waals surface area contributed by atoms with Crippen molar-refractivity contribution in [3.63, 3.8) is 0 Å². The standard InChI is InChI=1S/C17H18BrN3O3S/c18-13-3-1-2-12(10-13)14-11-25-17(19-14)20-15(22)4-5-16(23)21-6-8-24-9-7-21/h1-3,10-11H,4-9H2,(H,19,20,22). The van der Waals surface area contributed by atoms with Crippen LogP contribution in [0.3, 0.4) is 0 Å². The Labute approximate surface area is 158 Å². The zero-order chi connectivity index (χ0) is 17.6. The fourth-order valence-electron chi connectivity index (χ4n) is 2.48. The third-order valence-electron chi connectivity index (χ3n) is 3.80. The molecule has 132 valence electrons. The zero-order valence-corrected chi connectivity index (χ0v) is 15.9. The third kappa shape index (κ3) is 5.10. The van der Waals surface area contributed by atoms with E-state index >= 15 is 0 Å². The summed E-state index contributed by atoms with van der Waals surface area (Å²) in [5.74, 6) is -0.204. The number of benzene rings is 1. The van der Waals surface area contributed by atoms with Crippen molar-refractivity contribution >= 4 is 44.2 Å². The molecule has 25 heavy (non-hydrogen) atoms. The number of amides is 2. The molecular weight excluding hydrogens is 406 g/mol. The zero-order valence-electron chi connectivity index (χ0n) is 13.5. The summed E-state index contributed by atoms with van der Waals surface area (Å²) >= 11 is 4.81. The number of nitrogens with one attached hydrogen (secondary N) is 1. The monoisotopic (exact) mass is 423 g/mol. The van der Waals surface area contributed by atoms with Crippen LogP contribution in [0.25, 0.3) is 11.3 Å². The Balaban J connectivity index is 1.50. The number of carbonyl (C=O) groups is 2. The molecule has 0 spiro atoms. The van der Waals surface area contributed by atoms with E-state index in [9.17, 15) is 9.59 Å². The van der Waals surface area contributed by atoms with Gasteiger partial charge in [0, 0.05) is 41.3 Å². The highest BCUT2D eigenvalue weighted by atomic mass is 79.9. The van der Waals surface area contributed by atoms with Gasteiger partial charge in [0.1, 0.15) is 0 Å². The molecule has 0 unspecified atom stereocenters. The number of ether oxygens (including phenoxy) is 1. The molecule has 0 saturated carbocycles. The van der Waals surface area contributed by atoms with Crippen molar-refractivity contribution in [3.05, 3.63) is 34.1 Å². The molecule has 3 rings (SSSR count). The van der Waals surface area contributed by atoms with Gasteiger partial charge in [0.25, 0.3) is 0 Å². The predicted molar refractivity (Wildman–Crippen MR) is 101 cm³/mol. The van der Waals surface area contributed by atoms with Crippen LogP contribution in [0.15, 0.2) is 34.1 Å². The lowest BCUT2D eigenvalue weighted by Crippen LogP contribution is -2.40. The van der Waals surface area contributed by atoms with Crippen molar-refractivity contribution in [3.8, 4) is 11.3 Å². The average molecular weight is 424 g/mol. The van der Waals surface area contributed by atoms with Gasteiger partial charge in [0.05, 0.1) is 18.9 Å². The number of halogens is 1. The molecule has 8 heteroatoms. The minimum atomic E-state index is -0.197. The SMILES string of the molecule is O=C(CCC(=O)N1CCOCC1)Nc1nc(-c2cccc(Br)c2)cs1. The Bertz CT molecular complexity index is 759. The van der Waals surface area contributed by atoms with Crippen LogP contribution in [0.2, 0.25) is 0 Å². The van der Waals surface area contributed by atoms with E-state index in [0.29, 0.717) is 31.4 Å². The lowest BCUT2D eigenvalue weighted by atomic mass is 10.2. The van der Waals surface area contributed by atoms with Crippen LogP contribution < -0.4 is 5.32 Å². The number of rotatable bonds is 5. The summed E-state index contributed by atoms with van der Waals surface area (Å²) in [5.41, 5.74) is 1.79. The molecule has 1 aromatic heterocycles. The number of morpholine rings is 1. The second-order valence-electron chi connectivity index (χ2n) is 5.59. The fraction of sp³-hybridized carbons (Fsp3) is 0.353. The van der Waals surface area contributed by atoms with E-state index < -0.39 is 0 Å². The van der Waals surface area contributed by atoms with Crippen LogP contribution in [-0.4, -0.2) is 48.0 Å². The van der Waals surface area contributed by atoms with E-state index in [1.807, 2.05) is 29.6 Å². The smallest absolute Gasteiger partial charge is 0.226 e. The van der Waals surface area contributed by atoms with Gasteiger partial charge in [0.2, 0.25) is 11.8 Å². The van der Waals surface area contributed by atoms with Crippen molar-refractivity contribution in [2.75, 3.05) is 31.6 Å². The summed E-state index contributed by atoms with van der Waals surface area (Å²) < 4.78 is 6.19. The van der Waals surface area contributed by atoms with Gasteiger partial charge < -0.3 is 15.0 Å². The van der Waals surface area contributed by atoms with Gasteiger partial charge in [0.15, 0.2) is 5.13 Å². The van der Waals surface area contributed by atoms with E-state index in [-0.39, 0.29) is 24.7 Å². The second kappa shape index (κ2) is 8.55. The van der Waals surface area contributed by atoms with Crippen LogP contribution in [0, 0.1) is 0 Å². The maximum Gasteiger partial charge on any atom is 0.226 e. The van der Waals surface area contributed by atoms with Crippen molar-refractivity contribution in [2.24, 2.45) is 0 Å². The molecular formula is C17H18BrN3O3S. The first kappa shape index (κ1) is 18.0. The van der Waals surface area contributed by atoms with E-state index in [4.69, 9.17) is 4.74 Å². The second-order valence-corrected chi connectivity index (χ2v) is 7.36. The van der Waals surface area contributed by atoms with Crippen molar-refractivity contribution < 1.29 is 14.3 Å². The predicted octanol–water partition coefficient (Wildman–Crippen LogP) is 3.15. The quantitative estimate of drug-likeness (QED) is 0.801. The van der Waals surface area contributed by atoms with Crippen molar-refractivity contribution in [2.45, 2.75) is 12.8 Å². The molecule has 1 aliphatic rings. The van der Waals surface area contributed by atoms with Crippen LogP contribution in [0.4, 0.5) is 5.13 Å². The van der Waals surface area contributed by atoms with Crippen molar-refractivity contribution in [1.29, 1.82) is 0 Å². The van der Waals surface area contributed by atoms with Gasteiger partial charge in [-0.05, 0) is 12.1 Å². The van der Waals surface area contributed by atoms with Crippen LogP contribution >= 0.6 is 27.3 Å². The number of thiazole rings is 1. The van der Waals surface area contributed by atoms with E-state index in [1.54, 1.807) is 4.90 Å². The molecule has 1 saturated heterocycles. The molecule has 0 bridgehead atoms. The topological polar surface area (TPSA) is 71.5 Å². The maximum absolute atomic E-state index is 12.1. The number of hydrogen-bond donors (Lipinski definition) is 1. The highest BCUT2D eigenvalue weighted by Gasteiger charge is 2.18. The molecule has 2 heterocycles. The third-order valence-corrected chi connectivity index (χ3v) is 5.05. The summed E-state index contributed by atoms with van der Waals surface area (Å²) in [7, 11) is 0. The first-order valence-electron chi connectivity index (χ1n) is 7.98. The van der Waals surface area contributed by atoms with Gasteiger partial charge in [-0.1, -0.05) is 28.1 Å². The first-order chi connectivity index (χ1) is 12.1. The summed E-state index contributed by atoms with van der Waals surface area (Å²) in [6, 6.07) is 7.83. The Kier molecular flexibility index (Phi) is 6.17. The lowest BCUT2D eigenvalue weighted by molar-refractivity contribution is -0.136. The minimum absolute atomic E-state index is 0.00702. The number of aromatic nitrogens is 1. The molecule has 1 aromatic carbocycles. The van der Waals surface area contributed by atoms with Gasteiger partial charge in [-0.2, -0.15) is 0 Å². The van der Waals surface area contributed by atoms with E-state index in [1.165, 1.54) is 11.3 Å². The van der Waals surface area contributed by atoms with Crippen LogP contribution in [0.5, 0.6) is 0 Å². The minimum Gasteiger partial charge on any atom is -0.378 e. The van der Waals surface area contributed by atoms with Crippen LogP contribution in [0.1, 0.15) is 12.8 Å². The number of hydrogen-bond acceptors (Lipinski definition) is 5. The molecule has 0 atom stereocenters. The van der Waals surface area contributed by atoms with Crippen LogP contribution in [-0.2, 0) is 14.3 Å². The van der Waals surface area contributed by atoms with Gasteiger partial charge in [-0.15, -0.1) is 11.3 Å². The molecule has 2 aromatic rings.